The van der Waals surface area contributed by atoms with E-state index in [1.807, 2.05) is 42.6 Å². The van der Waals surface area contributed by atoms with Crippen LogP contribution in [0.1, 0.15) is 5.56 Å². The van der Waals surface area contributed by atoms with E-state index in [4.69, 9.17) is 0 Å². The highest BCUT2D eigenvalue weighted by atomic mass is 16.2. The number of aromatic nitrogens is 4. The van der Waals surface area contributed by atoms with Crippen molar-refractivity contribution in [1.82, 2.24) is 24.8 Å². The third-order valence-electron chi connectivity index (χ3n) is 4.99. The number of hydrogen-bond donors (Lipinski definition) is 2. The summed E-state index contributed by atoms with van der Waals surface area (Å²) in [5, 5.41) is 13.3. The van der Waals surface area contributed by atoms with Crippen LogP contribution < -0.4 is 5.32 Å². The van der Waals surface area contributed by atoms with E-state index >= 15 is 0 Å². The lowest BCUT2D eigenvalue weighted by atomic mass is 10.0. The summed E-state index contributed by atoms with van der Waals surface area (Å²) in [5.41, 5.74) is 5.05. The van der Waals surface area contributed by atoms with E-state index in [1.165, 1.54) is 4.90 Å². The maximum Gasteiger partial charge on any atom is 0.264 e. The minimum Gasteiger partial charge on any atom is -0.372 e. The first-order chi connectivity index (χ1) is 15.5. The highest BCUT2D eigenvalue weighted by Crippen LogP contribution is 2.30. The van der Waals surface area contributed by atoms with Gasteiger partial charge in [-0.3, -0.25) is 9.78 Å². The fourth-order valence-electron chi connectivity index (χ4n) is 3.35. The standard InChI is InChI=1S/C24H21N7O/c1-26-22-14-27-13-21(30-22)20-12-29-23-19(20)9-18(11-28-23)16-6-4-5-15(7-16)8-17(10-25)24(32)31(2)3/h4-9,11-14H,1-3H3,(H,26,30)(H,28,29). The number of carbonyl (C=O) groups excluding carboxylic acids is 1. The Hall–Kier alpha value is -4.51. The van der Waals surface area contributed by atoms with Crippen molar-refractivity contribution >= 4 is 28.8 Å². The number of nitrogens with one attached hydrogen (secondary N) is 2. The summed E-state index contributed by atoms with van der Waals surface area (Å²) in [5.74, 6) is 0.351. The molecule has 32 heavy (non-hydrogen) atoms. The molecule has 0 aliphatic rings. The highest BCUT2D eigenvalue weighted by Gasteiger charge is 2.13. The number of benzene rings is 1. The maximum absolute atomic E-state index is 12.2. The van der Waals surface area contributed by atoms with E-state index in [0.717, 1.165) is 39.0 Å². The van der Waals surface area contributed by atoms with Crippen molar-refractivity contribution in [3.05, 3.63) is 66.3 Å². The average molecular weight is 423 g/mol. The van der Waals surface area contributed by atoms with Gasteiger partial charge in [0, 0.05) is 50.0 Å². The SMILES string of the molecule is CNc1cncc(-c2c[nH]c3ncc(-c4cccc(C=C(C#N)C(=O)N(C)C)c4)cc23)n1. The minimum absolute atomic E-state index is 0.0802. The number of H-pyrrole nitrogens is 1. The predicted octanol–water partition coefficient (Wildman–Crippen LogP) is 3.72. The molecule has 3 aromatic heterocycles. The Morgan fingerprint density at radius 1 is 1.19 bits per heavy atom. The Labute approximate surface area is 185 Å². The van der Waals surface area contributed by atoms with Gasteiger partial charge in [0.25, 0.3) is 5.91 Å². The second-order valence-electron chi connectivity index (χ2n) is 7.36. The minimum atomic E-state index is -0.331. The van der Waals surface area contributed by atoms with Gasteiger partial charge in [-0.15, -0.1) is 0 Å². The molecule has 0 aliphatic heterocycles. The van der Waals surface area contributed by atoms with Gasteiger partial charge in [-0.2, -0.15) is 5.26 Å². The molecule has 0 saturated carbocycles. The third-order valence-corrected chi connectivity index (χ3v) is 4.99. The molecule has 0 spiro atoms. The molecule has 1 aromatic carbocycles. The van der Waals surface area contributed by atoms with Crippen molar-refractivity contribution in [2.45, 2.75) is 0 Å². The summed E-state index contributed by atoms with van der Waals surface area (Å²) in [6.45, 7) is 0. The second-order valence-corrected chi connectivity index (χ2v) is 7.36. The second kappa shape index (κ2) is 8.70. The molecule has 4 aromatic rings. The molecule has 0 fully saturated rings. The van der Waals surface area contributed by atoms with Crippen LogP contribution in [-0.4, -0.2) is 51.9 Å². The molecule has 0 aliphatic carbocycles. The molecule has 1 amide bonds. The molecule has 0 atom stereocenters. The summed E-state index contributed by atoms with van der Waals surface area (Å²) in [6.07, 6.45) is 8.64. The molecular weight excluding hydrogens is 402 g/mol. The number of nitriles is 1. The Morgan fingerprint density at radius 3 is 2.78 bits per heavy atom. The van der Waals surface area contributed by atoms with Gasteiger partial charge >= 0.3 is 0 Å². The highest BCUT2D eigenvalue weighted by molar-refractivity contribution is 6.01. The summed E-state index contributed by atoms with van der Waals surface area (Å²) in [7, 11) is 5.04. The molecule has 4 rings (SSSR count). The van der Waals surface area contributed by atoms with Crippen molar-refractivity contribution in [3.8, 4) is 28.5 Å². The van der Waals surface area contributed by atoms with Gasteiger partial charge in [0.1, 0.15) is 23.1 Å². The third kappa shape index (κ3) is 4.04. The number of rotatable bonds is 5. The Bertz CT molecular complexity index is 1380. The van der Waals surface area contributed by atoms with Gasteiger partial charge in [0.05, 0.1) is 18.1 Å². The van der Waals surface area contributed by atoms with Crippen molar-refractivity contribution in [1.29, 1.82) is 5.26 Å². The number of carbonyl (C=O) groups is 1. The number of nitrogens with zero attached hydrogens (tertiary/aromatic N) is 5. The van der Waals surface area contributed by atoms with Crippen LogP contribution in [0.3, 0.4) is 0 Å². The fraction of sp³-hybridized carbons (Fsp3) is 0.125. The molecule has 0 saturated heterocycles. The van der Waals surface area contributed by atoms with Crippen molar-refractivity contribution in [2.75, 3.05) is 26.5 Å². The van der Waals surface area contributed by atoms with Crippen molar-refractivity contribution in [3.63, 3.8) is 0 Å². The lowest BCUT2D eigenvalue weighted by Crippen LogP contribution is -2.22. The van der Waals surface area contributed by atoms with Crippen LogP contribution in [0.5, 0.6) is 0 Å². The van der Waals surface area contributed by atoms with Crippen LogP contribution >= 0.6 is 0 Å². The molecule has 0 unspecified atom stereocenters. The van der Waals surface area contributed by atoms with Gasteiger partial charge in [-0.05, 0) is 29.3 Å². The number of fused-ring (bicyclic) bond motifs is 1. The number of anilines is 1. The van der Waals surface area contributed by atoms with Gasteiger partial charge in [-0.25, -0.2) is 9.97 Å². The summed E-state index contributed by atoms with van der Waals surface area (Å²) in [6, 6.07) is 11.7. The van der Waals surface area contributed by atoms with Gasteiger partial charge < -0.3 is 15.2 Å². The number of hydrogen-bond acceptors (Lipinski definition) is 6. The predicted molar refractivity (Wildman–Crippen MR) is 124 cm³/mol. The smallest absolute Gasteiger partial charge is 0.264 e. The first-order valence-corrected chi connectivity index (χ1v) is 9.91. The van der Waals surface area contributed by atoms with Crippen molar-refractivity contribution < 1.29 is 4.79 Å². The van der Waals surface area contributed by atoms with Gasteiger partial charge in [-0.1, -0.05) is 18.2 Å². The molecule has 8 nitrogen and oxygen atoms in total. The largest absolute Gasteiger partial charge is 0.372 e. The Morgan fingerprint density at radius 2 is 2.03 bits per heavy atom. The first kappa shape index (κ1) is 20.8. The van der Waals surface area contributed by atoms with E-state index in [1.54, 1.807) is 45.8 Å². The molecular formula is C24H21N7O. The quantitative estimate of drug-likeness (QED) is 0.374. The number of aromatic amines is 1. The lowest BCUT2D eigenvalue weighted by Gasteiger charge is -2.09. The average Bonchev–Trinajstić information content (AvgIpc) is 3.25. The zero-order valence-corrected chi connectivity index (χ0v) is 17.9. The van der Waals surface area contributed by atoms with Crippen LogP contribution in [0.25, 0.3) is 39.5 Å². The normalized spacial score (nSPS) is 11.2. The summed E-state index contributed by atoms with van der Waals surface area (Å²) in [4.78, 5) is 30.1. The molecule has 0 radical (unpaired) electrons. The number of likely N-dealkylation sites (N-methyl/N-ethyl adjacent to an activating group) is 1. The maximum atomic E-state index is 12.2. The van der Waals surface area contributed by atoms with Crippen molar-refractivity contribution in [2.24, 2.45) is 0 Å². The molecule has 3 heterocycles. The van der Waals surface area contributed by atoms with Crippen LogP contribution in [-0.2, 0) is 4.79 Å². The number of amides is 1. The molecule has 8 heteroatoms. The number of pyridine rings is 1. The van der Waals surface area contributed by atoms with Crippen LogP contribution in [0.4, 0.5) is 5.82 Å². The topological polar surface area (TPSA) is 111 Å². The van der Waals surface area contributed by atoms with Gasteiger partial charge in [0.2, 0.25) is 0 Å². The summed E-state index contributed by atoms with van der Waals surface area (Å²) < 4.78 is 0. The monoisotopic (exact) mass is 423 g/mol. The summed E-state index contributed by atoms with van der Waals surface area (Å²) >= 11 is 0. The van der Waals surface area contributed by atoms with E-state index in [-0.39, 0.29) is 11.5 Å². The molecule has 2 N–H and O–H groups in total. The molecule has 0 bridgehead atoms. The zero-order valence-electron chi connectivity index (χ0n) is 17.9. The first-order valence-electron chi connectivity index (χ1n) is 9.91. The Kier molecular flexibility index (Phi) is 5.64. The Balaban J connectivity index is 1.76. The van der Waals surface area contributed by atoms with Crippen LogP contribution in [0, 0.1) is 11.3 Å². The van der Waals surface area contributed by atoms with E-state index < -0.39 is 0 Å². The van der Waals surface area contributed by atoms with E-state index in [0.29, 0.717) is 5.82 Å². The van der Waals surface area contributed by atoms with E-state index in [2.05, 4.69) is 25.3 Å². The van der Waals surface area contributed by atoms with Crippen LogP contribution in [0.15, 0.2) is 60.7 Å². The molecule has 158 valence electrons. The lowest BCUT2D eigenvalue weighted by molar-refractivity contribution is -0.124. The van der Waals surface area contributed by atoms with E-state index in [9.17, 15) is 10.1 Å². The zero-order chi connectivity index (χ0) is 22.7. The fourth-order valence-corrected chi connectivity index (χ4v) is 3.35. The van der Waals surface area contributed by atoms with Crippen LogP contribution in [0.2, 0.25) is 0 Å². The van der Waals surface area contributed by atoms with Gasteiger partial charge in [0.15, 0.2) is 0 Å².